The van der Waals surface area contributed by atoms with E-state index in [1.165, 1.54) is 0 Å². The highest BCUT2D eigenvalue weighted by Gasteiger charge is 2.22. The van der Waals surface area contributed by atoms with Crippen LogP contribution >= 0.6 is 0 Å². The van der Waals surface area contributed by atoms with Gasteiger partial charge in [-0.05, 0) is 49.3 Å². The number of hydrogen-bond donors (Lipinski definition) is 4. The van der Waals surface area contributed by atoms with Crippen molar-refractivity contribution in [3.63, 3.8) is 0 Å². The Hall–Kier alpha value is -4.20. The molecule has 1 amide bonds. The smallest absolute Gasteiger partial charge is 0.320 e. The average molecular weight is 596 g/mol. The first kappa shape index (κ1) is 31.7. The normalized spacial score (nSPS) is 15.0. The molecule has 232 valence electrons. The predicted octanol–water partition coefficient (Wildman–Crippen LogP) is 3.05. The first-order chi connectivity index (χ1) is 20.7. The second-order valence-corrected chi connectivity index (χ2v) is 11.1. The molecule has 0 saturated carbocycles. The molecule has 0 saturated heterocycles. The maximum Gasteiger partial charge on any atom is 0.320 e. The van der Waals surface area contributed by atoms with E-state index in [2.05, 4.69) is 49.6 Å². The van der Waals surface area contributed by atoms with Crippen molar-refractivity contribution < 1.29 is 28.8 Å². The van der Waals surface area contributed by atoms with Crippen molar-refractivity contribution in [2.45, 2.75) is 20.4 Å². The van der Waals surface area contributed by atoms with Crippen LogP contribution in [0.5, 0.6) is 17.5 Å². The Kier molecular flexibility index (Phi) is 11.3. The molecular formula is C30H41N7O6. The summed E-state index contributed by atoms with van der Waals surface area (Å²) in [7, 11) is 4.01. The van der Waals surface area contributed by atoms with Crippen LogP contribution in [0.2, 0.25) is 0 Å². The predicted molar refractivity (Wildman–Crippen MR) is 162 cm³/mol. The average Bonchev–Trinajstić information content (AvgIpc) is 2.95. The van der Waals surface area contributed by atoms with Crippen LogP contribution in [0.4, 0.5) is 17.6 Å². The number of carbonyl (C=O) groups excluding carboxylic acids is 1. The monoisotopic (exact) mass is 595 g/mol. The Morgan fingerprint density at radius 2 is 1.60 bits per heavy atom. The van der Waals surface area contributed by atoms with Gasteiger partial charge in [-0.3, -0.25) is 4.79 Å². The molecule has 6 bridgehead atoms. The fourth-order valence-electron chi connectivity index (χ4n) is 4.50. The molecule has 2 aliphatic heterocycles. The molecule has 13 nitrogen and oxygen atoms in total. The van der Waals surface area contributed by atoms with Gasteiger partial charge in [-0.15, -0.1) is 0 Å². The van der Waals surface area contributed by atoms with Crippen molar-refractivity contribution in [3.8, 4) is 17.5 Å². The van der Waals surface area contributed by atoms with E-state index in [1.54, 1.807) is 18.2 Å². The Labute approximate surface area is 251 Å². The molecule has 4 N–H and O–H groups in total. The number of hydrogen-bond acceptors (Lipinski definition) is 12. The lowest BCUT2D eigenvalue weighted by Gasteiger charge is -2.28. The molecule has 0 unspecified atom stereocenters. The molecule has 0 radical (unpaired) electrons. The van der Waals surface area contributed by atoms with Crippen molar-refractivity contribution in [1.29, 1.82) is 0 Å². The van der Waals surface area contributed by atoms with E-state index in [-0.39, 0.29) is 29.8 Å². The zero-order valence-electron chi connectivity index (χ0n) is 25.2. The second-order valence-electron chi connectivity index (χ2n) is 11.1. The van der Waals surface area contributed by atoms with Crippen LogP contribution in [0.1, 0.15) is 29.8 Å². The Bertz CT molecular complexity index is 1340. The lowest BCUT2D eigenvalue weighted by atomic mass is 9.93. The van der Waals surface area contributed by atoms with Gasteiger partial charge in [0.05, 0.1) is 32.0 Å². The highest BCUT2D eigenvalue weighted by Crippen LogP contribution is 2.26. The van der Waals surface area contributed by atoms with Gasteiger partial charge < -0.3 is 44.9 Å². The Morgan fingerprint density at radius 1 is 0.930 bits per heavy atom. The third-order valence-electron chi connectivity index (χ3n) is 6.31. The van der Waals surface area contributed by atoms with Crippen LogP contribution in [0, 0.1) is 5.41 Å². The molecule has 0 fully saturated rings. The van der Waals surface area contributed by atoms with Gasteiger partial charge in [0, 0.05) is 31.4 Å². The van der Waals surface area contributed by atoms with Crippen LogP contribution in [0.3, 0.4) is 0 Å². The minimum Gasteiger partial charge on any atom is -0.491 e. The van der Waals surface area contributed by atoms with E-state index >= 15 is 0 Å². The van der Waals surface area contributed by atoms with E-state index in [4.69, 9.17) is 18.9 Å². The van der Waals surface area contributed by atoms with Gasteiger partial charge in [0.1, 0.15) is 24.7 Å². The molecule has 1 aromatic heterocycles. The maximum atomic E-state index is 13.2. The van der Waals surface area contributed by atoms with E-state index < -0.39 is 6.01 Å². The summed E-state index contributed by atoms with van der Waals surface area (Å²) in [6.45, 7) is 8.09. The Morgan fingerprint density at radius 3 is 2.33 bits per heavy atom. The molecular weight excluding hydrogens is 554 g/mol. The van der Waals surface area contributed by atoms with Crippen molar-refractivity contribution in [2.75, 3.05) is 77.5 Å². The third kappa shape index (κ3) is 10.5. The molecule has 0 aliphatic carbocycles. The zero-order chi connectivity index (χ0) is 30.7. The standard InChI is InChI=1S/C30H41N7O6/c1-30(2,20-37(3)4)19-32-26(38)24-10-7-22-17-25(24)43-16-14-41-12-11-40-13-15-42-23-8-5-21(6-9-23)18-31-27-34-28(33-22)36-29(39)35-27/h5-10,17H,11-16,18-20H2,1-4H3,(H,32,38)(H3,31,33,34,35,36,39). The van der Waals surface area contributed by atoms with Crippen LogP contribution in [0.25, 0.3) is 0 Å². The van der Waals surface area contributed by atoms with Crippen LogP contribution in [0.15, 0.2) is 42.5 Å². The van der Waals surface area contributed by atoms with Gasteiger partial charge in [-0.2, -0.15) is 15.0 Å². The SMILES string of the molecule is CN(C)CC(C)(C)CNC(=O)c1ccc2cc1OCCOCCOCCOc1ccc(cc1)CNc1nc(O)nc(n1)N2. The van der Waals surface area contributed by atoms with Gasteiger partial charge >= 0.3 is 6.01 Å². The van der Waals surface area contributed by atoms with Crippen molar-refractivity contribution in [3.05, 3.63) is 53.6 Å². The molecule has 0 atom stereocenters. The molecule has 3 heterocycles. The fraction of sp³-hybridized carbons (Fsp3) is 0.467. The topological polar surface area (TPSA) is 152 Å². The Balaban J connectivity index is 1.53. The van der Waals surface area contributed by atoms with Crippen molar-refractivity contribution in [1.82, 2.24) is 25.2 Å². The lowest BCUT2D eigenvalue weighted by Crippen LogP contribution is -2.40. The van der Waals surface area contributed by atoms with Crippen molar-refractivity contribution >= 4 is 23.5 Å². The molecule has 13 heteroatoms. The number of benzene rings is 2. The molecule has 0 spiro atoms. The third-order valence-corrected chi connectivity index (χ3v) is 6.31. The number of anilines is 3. The van der Waals surface area contributed by atoms with Crippen LogP contribution in [-0.2, 0) is 16.0 Å². The van der Waals surface area contributed by atoms with Gasteiger partial charge in [0.25, 0.3) is 5.91 Å². The molecule has 2 aromatic carbocycles. The molecule has 3 aromatic rings. The minimum absolute atomic E-state index is 0.119. The number of carbonyl (C=O) groups is 1. The van der Waals surface area contributed by atoms with Gasteiger partial charge in [-0.1, -0.05) is 26.0 Å². The minimum atomic E-state index is -0.443. The quantitative estimate of drug-likeness (QED) is 0.321. The maximum absolute atomic E-state index is 13.2. The van der Waals surface area contributed by atoms with E-state index in [0.29, 0.717) is 63.1 Å². The number of nitrogens with one attached hydrogen (secondary N) is 3. The second kappa shape index (κ2) is 15.3. The summed E-state index contributed by atoms with van der Waals surface area (Å²) >= 11 is 0. The first-order valence-corrected chi connectivity index (χ1v) is 14.2. The molecule has 5 rings (SSSR count). The number of nitrogens with zero attached hydrogens (tertiary/aromatic N) is 4. The summed E-state index contributed by atoms with van der Waals surface area (Å²) in [5.41, 5.74) is 1.78. The summed E-state index contributed by atoms with van der Waals surface area (Å²) < 4.78 is 23.0. The fourth-order valence-corrected chi connectivity index (χ4v) is 4.50. The number of fused-ring (bicyclic) bond motifs is 12. The molecule has 2 aliphatic rings. The first-order valence-electron chi connectivity index (χ1n) is 14.2. The van der Waals surface area contributed by atoms with Crippen LogP contribution in [-0.4, -0.2) is 97.7 Å². The number of ether oxygens (including phenoxy) is 4. The number of rotatable bonds is 5. The van der Waals surface area contributed by atoms with E-state index in [9.17, 15) is 9.90 Å². The number of aromatic hydroxyl groups is 1. The lowest BCUT2D eigenvalue weighted by molar-refractivity contribution is 0.0272. The van der Waals surface area contributed by atoms with Crippen LogP contribution < -0.4 is 25.4 Å². The van der Waals surface area contributed by atoms with Gasteiger partial charge in [-0.25, -0.2) is 0 Å². The van der Waals surface area contributed by atoms with Crippen molar-refractivity contribution in [2.24, 2.45) is 5.41 Å². The molecule has 43 heavy (non-hydrogen) atoms. The zero-order valence-corrected chi connectivity index (χ0v) is 25.2. The largest absolute Gasteiger partial charge is 0.491 e. The number of amides is 1. The summed E-state index contributed by atoms with van der Waals surface area (Å²) in [6, 6.07) is 12.2. The van der Waals surface area contributed by atoms with E-state index in [0.717, 1.165) is 17.9 Å². The van der Waals surface area contributed by atoms with Gasteiger partial charge in [0.15, 0.2) is 0 Å². The van der Waals surface area contributed by atoms with Gasteiger partial charge in [0.2, 0.25) is 11.9 Å². The highest BCUT2D eigenvalue weighted by molar-refractivity contribution is 5.97. The highest BCUT2D eigenvalue weighted by atomic mass is 16.6. The summed E-state index contributed by atoms with van der Waals surface area (Å²) in [4.78, 5) is 27.7. The summed E-state index contributed by atoms with van der Waals surface area (Å²) in [6.07, 6.45) is 0. The number of aromatic nitrogens is 3. The summed E-state index contributed by atoms with van der Waals surface area (Å²) in [5.74, 6) is 1.16. The summed E-state index contributed by atoms with van der Waals surface area (Å²) in [5, 5.41) is 19.3. The van der Waals surface area contributed by atoms with E-state index in [1.807, 2.05) is 38.4 Å².